The number of H-pyrrole nitrogens is 1. The third-order valence-electron chi connectivity index (χ3n) is 2.70. The molecule has 0 atom stereocenters. The van der Waals surface area contributed by atoms with Crippen LogP contribution in [0.25, 0.3) is 11.3 Å². The topological polar surface area (TPSA) is 78.8 Å². The molecule has 0 aliphatic carbocycles. The number of ether oxygens (including phenoxy) is 1. The molecule has 0 saturated carbocycles. The number of nitriles is 1. The summed E-state index contributed by atoms with van der Waals surface area (Å²) in [6, 6.07) is 9.06. The minimum Gasteiger partial charge on any atom is -0.489 e. The maximum atomic E-state index is 12.0. The van der Waals surface area contributed by atoms with Crippen molar-refractivity contribution >= 4 is 11.8 Å². The van der Waals surface area contributed by atoms with Crippen LogP contribution in [0, 0.1) is 11.3 Å². The number of nitrogens with zero attached hydrogens (tertiary/aromatic N) is 2. The maximum absolute atomic E-state index is 12.0. The zero-order chi connectivity index (χ0) is 15.2. The van der Waals surface area contributed by atoms with Gasteiger partial charge in [0.15, 0.2) is 5.16 Å². The van der Waals surface area contributed by atoms with Crippen LogP contribution in [0.4, 0.5) is 0 Å². The molecule has 6 heteroatoms. The summed E-state index contributed by atoms with van der Waals surface area (Å²) < 4.78 is 5.57. The third-order valence-corrected chi connectivity index (χ3v) is 3.28. The van der Waals surface area contributed by atoms with Gasteiger partial charge < -0.3 is 9.72 Å². The average Bonchev–Trinajstić information content (AvgIpc) is 2.52. The van der Waals surface area contributed by atoms with Crippen LogP contribution in [-0.4, -0.2) is 22.8 Å². The lowest BCUT2D eigenvalue weighted by Crippen LogP contribution is -2.15. The quantitative estimate of drug-likeness (QED) is 0.521. The fourth-order valence-corrected chi connectivity index (χ4v) is 2.16. The van der Waals surface area contributed by atoms with Crippen LogP contribution in [0.1, 0.15) is 5.56 Å². The van der Waals surface area contributed by atoms with Gasteiger partial charge >= 0.3 is 0 Å². The molecule has 0 bridgehead atoms. The molecular weight excluding hydrogens is 286 g/mol. The van der Waals surface area contributed by atoms with Crippen molar-refractivity contribution in [2.45, 2.75) is 5.16 Å². The molecule has 0 spiro atoms. The van der Waals surface area contributed by atoms with E-state index >= 15 is 0 Å². The Morgan fingerprint density at radius 3 is 2.95 bits per heavy atom. The van der Waals surface area contributed by atoms with Crippen molar-refractivity contribution in [2.75, 3.05) is 12.9 Å². The van der Waals surface area contributed by atoms with Gasteiger partial charge in [-0.2, -0.15) is 5.26 Å². The van der Waals surface area contributed by atoms with Gasteiger partial charge in [0.2, 0.25) is 0 Å². The van der Waals surface area contributed by atoms with E-state index in [1.165, 1.54) is 11.8 Å². The molecule has 1 aromatic heterocycles. The monoisotopic (exact) mass is 299 g/mol. The second-order valence-corrected chi connectivity index (χ2v) is 4.80. The van der Waals surface area contributed by atoms with E-state index in [4.69, 9.17) is 4.74 Å². The predicted octanol–water partition coefficient (Wildman–Crippen LogP) is 2.60. The van der Waals surface area contributed by atoms with E-state index in [0.29, 0.717) is 28.8 Å². The lowest BCUT2D eigenvalue weighted by atomic mass is 10.1. The highest BCUT2D eigenvalue weighted by Gasteiger charge is 2.16. The highest BCUT2D eigenvalue weighted by molar-refractivity contribution is 7.98. The minimum absolute atomic E-state index is 0.0255. The van der Waals surface area contributed by atoms with Gasteiger partial charge in [-0.3, -0.25) is 4.79 Å². The smallest absolute Gasteiger partial charge is 0.270 e. The molecule has 2 aromatic rings. The third kappa shape index (κ3) is 3.15. The van der Waals surface area contributed by atoms with E-state index < -0.39 is 5.56 Å². The fraction of sp³-hybridized carbons (Fsp3) is 0.133. The number of nitrogens with one attached hydrogen (secondary N) is 1. The number of benzene rings is 1. The first-order valence-electron chi connectivity index (χ1n) is 6.12. The van der Waals surface area contributed by atoms with Crippen LogP contribution in [0.3, 0.4) is 0 Å². The van der Waals surface area contributed by atoms with E-state index in [1.807, 2.05) is 12.1 Å². The van der Waals surface area contributed by atoms with Crippen molar-refractivity contribution in [1.29, 1.82) is 5.26 Å². The number of hydrogen-bond acceptors (Lipinski definition) is 5. The van der Waals surface area contributed by atoms with E-state index in [0.717, 1.165) is 0 Å². The Balaban J connectivity index is 2.66. The summed E-state index contributed by atoms with van der Waals surface area (Å²) >= 11 is 1.30. The first-order valence-corrected chi connectivity index (χ1v) is 7.35. The van der Waals surface area contributed by atoms with E-state index in [-0.39, 0.29) is 5.56 Å². The lowest BCUT2D eigenvalue weighted by Gasteiger charge is -2.11. The summed E-state index contributed by atoms with van der Waals surface area (Å²) in [4.78, 5) is 18.9. The first-order chi connectivity index (χ1) is 10.2. The fourth-order valence-electron chi connectivity index (χ4n) is 1.78. The number of rotatable bonds is 5. The zero-order valence-corrected chi connectivity index (χ0v) is 12.2. The molecule has 0 fully saturated rings. The van der Waals surface area contributed by atoms with Gasteiger partial charge in [0.05, 0.1) is 0 Å². The Morgan fingerprint density at radius 2 is 2.29 bits per heavy atom. The summed E-state index contributed by atoms with van der Waals surface area (Å²) in [7, 11) is 0. The highest BCUT2D eigenvalue weighted by Crippen LogP contribution is 2.30. The zero-order valence-electron chi connectivity index (χ0n) is 11.4. The van der Waals surface area contributed by atoms with Gasteiger partial charge in [-0.1, -0.05) is 36.5 Å². The van der Waals surface area contributed by atoms with Crippen LogP contribution >= 0.6 is 11.8 Å². The normalized spacial score (nSPS) is 9.90. The van der Waals surface area contributed by atoms with Crippen molar-refractivity contribution in [3.63, 3.8) is 0 Å². The van der Waals surface area contributed by atoms with E-state index in [9.17, 15) is 10.1 Å². The largest absolute Gasteiger partial charge is 0.489 e. The van der Waals surface area contributed by atoms with Gasteiger partial charge in [-0.05, 0) is 18.4 Å². The average molecular weight is 299 g/mol. The van der Waals surface area contributed by atoms with Crippen LogP contribution in [0.5, 0.6) is 5.75 Å². The second-order valence-electron chi connectivity index (χ2n) is 4.01. The van der Waals surface area contributed by atoms with E-state index in [1.54, 1.807) is 30.5 Å². The predicted molar refractivity (Wildman–Crippen MR) is 82.5 cm³/mol. The Morgan fingerprint density at radius 1 is 1.52 bits per heavy atom. The molecule has 0 aliphatic heterocycles. The molecule has 21 heavy (non-hydrogen) atoms. The number of aromatic nitrogens is 2. The SMILES string of the molecule is C=CCOc1ccccc1-c1nc(SC)[nH]c(=O)c1C#N. The second kappa shape index (κ2) is 6.77. The molecule has 0 radical (unpaired) electrons. The van der Waals surface area contributed by atoms with Crippen LogP contribution in [0.2, 0.25) is 0 Å². The van der Waals surface area contributed by atoms with Crippen molar-refractivity contribution in [2.24, 2.45) is 0 Å². The minimum atomic E-state index is -0.453. The Bertz CT molecular complexity index is 762. The molecule has 1 N–H and O–H groups in total. The van der Waals surface area contributed by atoms with Gasteiger partial charge in [0.1, 0.15) is 29.7 Å². The van der Waals surface area contributed by atoms with Gasteiger partial charge in [-0.15, -0.1) is 0 Å². The van der Waals surface area contributed by atoms with Crippen LogP contribution < -0.4 is 10.3 Å². The van der Waals surface area contributed by atoms with Gasteiger partial charge in [-0.25, -0.2) is 4.98 Å². The summed E-state index contributed by atoms with van der Waals surface area (Å²) in [5.41, 5.74) is 0.454. The van der Waals surface area contributed by atoms with E-state index in [2.05, 4.69) is 16.5 Å². The molecular formula is C15H13N3O2S. The standard InChI is InChI=1S/C15H13N3O2S/c1-3-8-20-12-7-5-4-6-10(12)13-11(9-16)14(19)18-15(17-13)21-2/h3-7H,1,8H2,2H3,(H,17,18,19). The van der Waals surface area contributed by atoms with Gasteiger partial charge in [0, 0.05) is 5.56 Å². The molecule has 0 aliphatic rings. The highest BCUT2D eigenvalue weighted by atomic mass is 32.2. The van der Waals surface area contributed by atoms with Crippen molar-refractivity contribution in [3.8, 4) is 23.1 Å². The van der Waals surface area contributed by atoms with Crippen molar-refractivity contribution in [1.82, 2.24) is 9.97 Å². The number of hydrogen-bond donors (Lipinski definition) is 1. The summed E-state index contributed by atoms with van der Waals surface area (Å²) in [5, 5.41) is 9.67. The van der Waals surface area contributed by atoms with Crippen LogP contribution in [-0.2, 0) is 0 Å². The summed E-state index contributed by atoms with van der Waals surface area (Å²) in [5.74, 6) is 0.555. The van der Waals surface area contributed by atoms with Crippen molar-refractivity contribution in [3.05, 3.63) is 52.8 Å². The number of para-hydroxylation sites is 1. The molecule has 1 heterocycles. The molecule has 2 rings (SSSR count). The Kier molecular flexibility index (Phi) is 4.80. The summed E-state index contributed by atoms with van der Waals surface area (Å²) in [6.07, 6.45) is 3.43. The molecule has 106 valence electrons. The first kappa shape index (κ1) is 14.9. The van der Waals surface area contributed by atoms with Crippen LogP contribution in [0.15, 0.2) is 46.9 Å². The maximum Gasteiger partial charge on any atom is 0.270 e. The molecule has 0 amide bonds. The van der Waals surface area contributed by atoms with Gasteiger partial charge in [0.25, 0.3) is 5.56 Å². The number of thioether (sulfide) groups is 1. The summed E-state index contributed by atoms with van der Waals surface area (Å²) in [6.45, 7) is 3.93. The molecule has 0 unspecified atom stereocenters. The molecule has 5 nitrogen and oxygen atoms in total. The number of aromatic amines is 1. The molecule has 0 saturated heterocycles. The Hall–Kier alpha value is -2.52. The molecule has 1 aromatic carbocycles. The lowest BCUT2D eigenvalue weighted by molar-refractivity contribution is 0.364. The van der Waals surface area contributed by atoms with Crippen molar-refractivity contribution < 1.29 is 4.74 Å². The Labute approximate surface area is 126 Å².